The third-order valence-electron chi connectivity index (χ3n) is 2.00. The van der Waals surface area contributed by atoms with Gasteiger partial charge in [0.2, 0.25) is 0 Å². The highest BCUT2D eigenvalue weighted by Gasteiger charge is 1.96. The van der Waals surface area contributed by atoms with E-state index >= 15 is 0 Å². The molecule has 0 saturated heterocycles. The predicted octanol–water partition coefficient (Wildman–Crippen LogP) is 1.79. The van der Waals surface area contributed by atoms with Crippen molar-refractivity contribution in [1.29, 1.82) is 0 Å². The average Bonchev–Trinajstić information content (AvgIpc) is 2.72. The van der Waals surface area contributed by atoms with Gasteiger partial charge in [-0.2, -0.15) is 0 Å². The lowest BCUT2D eigenvalue weighted by molar-refractivity contribution is 0.945. The van der Waals surface area contributed by atoms with Crippen LogP contribution in [0.3, 0.4) is 0 Å². The first-order chi connectivity index (χ1) is 6.95. The van der Waals surface area contributed by atoms with Gasteiger partial charge in [-0.25, -0.2) is 4.98 Å². The lowest BCUT2D eigenvalue weighted by atomic mass is 10.1. The number of rotatable bonds is 4. The monoisotopic (exact) mass is 186 g/mol. The minimum Gasteiger partial charge on any atom is -0.349 e. The topological polar surface area (TPSA) is 41.6 Å². The Kier molecular flexibility index (Phi) is 2.91. The van der Waals surface area contributed by atoms with E-state index in [1.54, 1.807) is 12.4 Å². The van der Waals surface area contributed by atoms with E-state index in [0.29, 0.717) is 0 Å². The lowest BCUT2D eigenvalue weighted by Crippen LogP contribution is -1.93. The van der Waals surface area contributed by atoms with Gasteiger partial charge in [0.25, 0.3) is 0 Å². The van der Waals surface area contributed by atoms with Gasteiger partial charge in [0.05, 0.1) is 0 Å². The second-order valence-electron chi connectivity index (χ2n) is 3.09. The van der Waals surface area contributed by atoms with Crippen LogP contribution in [0, 0.1) is 6.42 Å². The van der Waals surface area contributed by atoms with Crippen LogP contribution in [0.2, 0.25) is 0 Å². The molecule has 2 aromatic rings. The lowest BCUT2D eigenvalue weighted by Gasteiger charge is -1.98. The Morgan fingerprint density at radius 1 is 1.29 bits per heavy atom. The Balaban J connectivity index is 1.79. The largest absolute Gasteiger partial charge is 0.349 e. The molecule has 0 aliphatic carbocycles. The SMILES string of the molecule is [CH](Cc1cccnc1)Cc1ncc[nH]1. The summed E-state index contributed by atoms with van der Waals surface area (Å²) in [4.78, 5) is 11.3. The molecule has 1 radical (unpaired) electrons. The van der Waals surface area contributed by atoms with Gasteiger partial charge in [0, 0.05) is 31.2 Å². The summed E-state index contributed by atoms with van der Waals surface area (Å²) in [5.74, 6) is 1.01. The van der Waals surface area contributed by atoms with E-state index in [-0.39, 0.29) is 0 Å². The molecule has 3 heteroatoms. The van der Waals surface area contributed by atoms with Gasteiger partial charge >= 0.3 is 0 Å². The van der Waals surface area contributed by atoms with Crippen LogP contribution in [-0.2, 0) is 12.8 Å². The summed E-state index contributed by atoms with van der Waals surface area (Å²) in [5.41, 5.74) is 1.24. The van der Waals surface area contributed by atoms with Gasteiger partial charge < -0.3 is 4.98 Å². The highest BCUT2D eigenvalue weighted by molar-refractivity contribution is 5.11. The molecule has 0 amide bonds. The molecule has 71 valence electrons. The summed E-state index contributed by atoms with van der Waals surface area (Å²) in [7, 11) is 0. The molecule has 0 fully saturated rings. The van der Waals surface area contributed by atoms with Gasteiger partial charge in [-0.05, 0) is 24.5 Å². The average molecular weight is 186 g/mol. The molecule has 0 saturated carbocycles. The van der Waals surface area contributed by atoms with Crippen LogP contribution >= 0.6 is 0 Å². The first-order valence-corrected chi connectivity index (χ1v) is 4.64. The molecule has 0 bridgehead atoms. The van der Waals surface area contributed by atoms with E-state index in [2.05, 4.69) is 27.4 Å². The van der Waals surface area contributed by atoms with E-state index in [1.165, 1.54) is 5.56 Å². The number of nitrogens with one attached hydrogen (secondary N) is 1. The third-order valence-corrected chi connectivity index (χ3v) is 2.00. The minimum atomic E-state index is 0.877. The summed E-state index contributed by atoms with van der Waals surface area (Å²) in [5, 5.41) is 0. The van der Waals surface area contributed by atoms with Crippen molar-refractivity contribution in [2.75, 3.05) is 0 Å². The van der Waals surface area contributed by atoms with E-state index in [0.717, 1.165) is 18.7 Å². The van der Waals surface area contributed by atoms with Gasteiger partial charge in [-0.1, -0.05) is 6.07 Å². The highest BCUT2D eigenvalue weighted by atomic mass is 14.9. The number of hydrogen-bond acceptors (Lipinski definition) is 2. The van der Waals surface area contributed by atoms with Crippen molar-refractivity contribution in [2.45, 2.75) is 12.8 Å². The van der Waals surface area contributed by atoms with Gasteiger partial charge in [0.15, 0.2) is 0 Å². The molecular formula is C11H12N3. The van der Waals surface area contributed by atoms with Gasteiger partial charge in [-0.3, -0.25) is 4.98 Å². The van der Waals surface area contributed by atoms with Crippen molar-refractivity contribution in [2.24, 2.45) is 0 Å². The van der Waals surface area contributed by atoms with Gasteiger partial charge in [-0.15, -0.1) is 0 Å². The van der Waals surface area contributed by atoms with E-state index < -0.39 is 0 Å². The van der Waals surface area contributed by atoms with Crippen LogP contribution in [0.1, 0.15) is 11.4 Å². The first kappa shape index (κ1) is 8.94. The zero-order chi connectivity index (χ0) is 9.64. The molecule has 0 aliphatic rings. The maximum atomic E-state index is 4.14. The van der Waals surface area contributed by atoms with Crippen LogP contribution in [0.5, 0.6) is 0 Å². The summed E-state index contributed by atoms with van der Waals surface area (Å²) in [6, 6.07) is 4.03. The van der Waals surface area contributed by atoms with Crippen molar-refractivity contribution in [3.05, 3.63) is 54.7 Å². The quantitative estimate of drug-likeness (QED) is 0.791. The Morgan fingerprint density at radius 3 is 3.00 bits per heavy atom. The van der Waals surface area contributed by atoms with Gasteiger partial charge in [0.1, 0.15) is 5.82 Å². The normalized spacial score (nSPS) is 10.3. The number of hydrogen-bond donors (Lipinski definition) is 1. The smallest absolute Gasteiger partial charge is 0.106 e. The van der Waals surface area contributed by atoms with Crippen molar-refractivity contribution < 1.29 is 0 Å². The van der Waals surface area contributed by atoms with Crippen LogP contribution in [-0.4, -0.2) is 15.0 Å². The number of aromatic amines is 1. The molecule has 0 unspecified atom stereocenters. The molecule has 0 aliphatic heterocycles. The summed E-state index contributed by atoms with van der Waals surface area (Å²) >= 11 is 0. The zero-order valence-corrected chi connectivity index (χ0v) is 7.85. The van der Waals surface area contributed by atoms with Crippen molar-refractivity contribution in [3.8, 4) is 0 Å². The number of nitrogens with zero attached hydrogens (tertiary/aromatic N) is 2. The number of pyridine rings is 1. The minimum absolute atomic E-state index is 0.877. The maximum absolute atomic E-state index is 4.14. The maximum Gasteiger partial charge on any atom is 0.106 e. The van der Waals surface area contributed by atoms with Crippen LogP contribution < -0.4 is 0 Å². The molecule has 3 nitrogen and oxygen atoms in total. The highest BCUT2D eigenvalue weighted by Crippen LogP contribution is 2.02. The number of imidazole rings is 1. The summed E-state index contributed by atoms with van der Waals surface area (Å²) in [6.45, 7) is 0. The first-order valence-electron chi connectivity index (χ1n) is 4.64. The van der Waals surface area contributed by atoms with Crippen molar-refractivity contribution in [1.82, 2.24) is 15.0 Å². The number of H-pyrrole nitrogens is 1. The molecular weight excluding hydrogens is 174 g/mol. The summed E-state index contributed by atoms with van der Waals surface area (Å²) in [6.07, 6.45) is 11.3. The molecule has 0 aromatic carbocycles. The fourth-order valence-electron chi connectivity index (χ4n) is 1.30. The molecule has 2 aromatic heterocycles. The van der Waals surface area contributed by atoms with Crippen molar-refractivity contribution >= 4 is 0 Å². The molecule has 0 atom stereocenters. The van der Waals surface area contributed by atoms with Crippen LogP contribution in [0.15, 0.2) is 36.9 Å². The molecule has 1 N–H and O–H groups in total. The van der Waals surface area contributed by atoms with Crippen LogP contribution in [0.4, 0.5) is 0 Å². The molecule has 2 heterocycles. The fraction of sp³-hybridized carbons (Fsp3) is 0.182. The zero-order valence-electron chi connectivity index (χ0n) is 7.85. The number of aromatic nitrogens is 3. The predicted molar refractivity (Wildman–Crippen MR) is 54.5 cm³/mol. The second kappa shape index (κ2) is 4.56. The Hall–Kier alpha value is -1.64. The Morgan fingerprint density at radius 2 is 2.29 bits per heavy atom. The second-order valence-corrected chi connectivity index (χ2v) is 3.09. The van der Waals surface area contributed by atoms with E-state index in [4.69, 9.17) is 0 Å². The van der Waals surface area contributed by atoms with E-state index in [9.17, 15) is 0 Å². The van der Waals surface area contributed by atoms with E-state index in [1.807, 2.05) is 18.5 Å². The Bertz CT molecular complexity index is 353. The fourth-order valence-corrected chi connectivity index (χ4v) is 1.30. The van der Waals surface area contributed by atoms with Crippen molar-refractivity contribution in [3.63, 3.8) is 0 Å². The Labute approximate surface area is 83.2 Å². The standard InChI is InChI=1S/C11H12N3/c1(5-11-13-7-8-14-11)3-10-4-2-6-12-9-10/h1-2,4,6-9H,3,5H2,(H,13,14). The third kappa shape index (κ3) is 2.42. The molecule has 14 heavy (non-hydrogen) atoms. The molecule has 2 rings (SSSR count). The van der Waals surface area contributed by atoms with Crippen LogP contribution in [0.25, 0.3) is 0 Å². The summed E-state index contributed by atoms with van der Waals surface area (Å²) < 4.78 is 0. The molecule has 0 spiro atoms.